The normalized spacial score (nSPS) is 10.4. The van der Waals surface area contributed by atoms with Crippen LogP contribution in [0.4, 0.5) is 5.69 Å². The van der Waals surface area contributed by atoms with Gasteiger partial charge in [-0.15, -0.1) is 0 Å². The minimum absolute atomic E-state index is 0.241. The molecule has 0 unspecified atom stereocenters. The van der Waals surface area contributed by atoms with E-state index in [1.54, 1.807) is 12.1 Å². The monoisotopic (exact) mass is 296 g/mol. The molecule has 0 spiro atoms. The molecule has 0 amide bonds. The van der Waals surface area contributed by atoms with Gasteiger partial charge in [0.1, 0.15) is 0 Å². The Kier molecular flexibility index (Phi) is 5.12. The Bertz CT molecular complexity index is 384. The summed E-state index contributed by atoms with van der Waals surface area (Å²) in [4.78, 5) is 0. The van der Waals surface area contributed by atoms with Crippen molar-refractivity contribution in [2.45, 2.75) is 19.9 Å². The fraction of sp³-hybridized carbons (Fsp3) is 0.300. The summed E-state index contributed by atoms with van der Waals surface area (Å²) in [6.45, 7) is 3.97. The van der Waals surface area contributed by atoms with Gasteiger partial charge in [-0.25, -0.2) is 0 Å². The number of nitrogens with one attached hydrogen (secondary N) is 2. The second kappa shape index (κ2) is 5.92. The van der Waals surface area contributed by atoms with Crippen LogP contribution in [-0.2, 0) is 0 Å². The van der Waals surface area contributed by atoms with Gasteiger partial charge in [0.05, 0.1) is 15.7 Å². The van der Waals surface area contributed by atoms with Crippen LogP contribution >= 0.6 is 47.0 Å². The predicted octanol–water partition coefficient (Wildman–Crippen LogP) is 4.34. The Morgan fingerprint density at radius 3 is 2.12 bits per heavy atom. The van der Waals surface area contributed by atoms with Crippen LogP contribution < -0.4 is 10.6 Å². The maximum absolute atomic E-state index is 6.00. The highest BCUT2D eigenvalue weighted by atomic mass is 35.5. The third-order valence-corrected chi connectivity index (χ3v) is 2.70. The average Bonchev–Trinajstić information content (AvgIpc) is 2.09. The predicted molar refractivity (Wildman–Crippen MR) is 76.0 cm³/mol. The Balaban J connectivity index is 2.85. The van der Waals surface area contributed by atoms with E-state index >= 15 is 0 Å². The quantitative estimate of drug-likeness (QED) is 0.794. The molecule has 0 atom stereocenters. The molecule has 0 aliphatic carbocycles. The van der Waals surface area contributed by atoms with E-state index in [1.165, 1.54) is 0 Å². The maximum atomic E-state index is 6.00. The van der Waals surface area contributed by atoms with Gasteiger partial charge in [0.25, 0.3) is 0 Å². The van der Waals surface area contributed by atoms with Crippen molar-refractivity contribution in [2.24, 2.45) is 0 Å². The van der Waals surface area contributed by atoms with Gasteiger partial charge in [-0.05, 0) is 38.2 Å². The fourth-order valence-electron chi connectivity index (χ4n) is 1.07. The summed E-state index contributed by atoms with van der Waals surface area (Å²) in [6.07, 6.45) is 0. The molecule has 2 N–H and O–H groups in total. The van der Waals surface area contributed by atoms with E-state index in [-0.39, 0.29) is 6.04 Å². The highest BCUT2D eigenvalue weighted by Gasteiger charge is 2.09. The highest BCUT2D eigenvalue weighted by molar-refractivity contribution is 7.80. The lowest BCUT2D eigenvalue weighted by atomic mass is 10.3. The average molecular weight is 298 g/mol. The molecule has 1 aromatic carbocycles. The first kappa shape index (κ1) is 13.8. The van der Waals surface area contributed by atoms with E-state index in [0.29, 0.717) is 25.9 Å². The molecule has 16 heavy (non-hydrogen) atoms. The molecule has 0 radical (unpaired) electrons. The van der Waals surface area contributed by atoms with Crippen molar-refractivity contribution in [3.05, 3.63) is 27.2 Å². The largest absolute Gasteiger partial charge is 0.360 e. The number of hydrogen-bond acceptors (Lipinski definition) is 1. The topological polar surface area (TPSA) is 24.1 Å². The van der Waals surface area contributed by atoms with Crippen molar-refractivity contribution in [1.82, 2.24) is 5.32 Å². The minimum Gasteiger partial charge on any atom is -0.360 e. The van der Waals surface area contributed by atoms with Gasteiger partial charge < -0.3 is 10.6 Å². The first-order chi connectivity index (χ1) is 7.40. The van der Waals surface area contributed by atoms with Crippen molar-refractivity contribution in [1.29, 1.82) is 0 Å². The lowest BCUT2D eigenvalue weighted by Gasteiger charge is -2.15. The lowest BCUT2D eigenvalue weighted by molar-refractivity contribution is 0.739. The van der Waals surface area contributed by atoms with E-state index in [2.05, 4.69) is 10.6 Å². The molecule has 6 heteroatoms. The zero-order valence-electron chi connectivity index (χ0n) is 8.77. The van der Waals surface area contributed by atoms with Crippen LogP contribution in [0.2, 0.25) is 15.1 Å². The molecular formula is C10H11Cl3N2S. The van der Waals surface area contributed by atoms with Crippen LogP contribution in [0, 0.1) is 0 Å². The summed E-state index contributed by atoms with van der Waals surface area (Å²) in [6, 6.07) is 3.45. The summed E-state index contributed by atoms with van der Waals surface area (Å²) in [5.74, 6) is 0. The molecule has 0 saturated carbocycles. The fourth-order valence-corrected chi connectivity index (χ4v) is 2.32. The molecule has 0 saturated heterocycles. The standard InChI is InChI=1S/C10H11Cl3N2S/c1-5(2)14-10(16)15-9-7(12)3-6(11)4-8(9)13/h3-5H,1-2H3,(H2,14,15,16). The van der Waals surface area contributed by atoms with E-state index < -0.39 is 0 Å². The number of rotatable bonds is 2. The smallest absolute Gasteiger partial charge is 0.171 e. The maximum Gasteiger partial charge on any atom is 0.171 e. The summed E-state index contributed by atoms with van der Waals surface area (Å²) < 4.78 is 0. The first-order valence-electron chi connectivity index (χ1n) is 4.62. The lowest BCUT2D eigenvalue weighted by Crippen LogP contribution is -2.34. The summed E-state index contributed by atoms with van der Waals surface area (Å²) >= 11 is 22.9. The van der Waals surface area contributed by atoms with E-state index in [4.69, 9.17) is 47.0 Å². The summed E-state index contributed by atoms with van der Waals surface area (Å²) in [5, 5.41) is 7.80. The molecule has 0 aromatic heterocycles. The molecule has 1 rings (SSSR count). The Hall–Kier alpha value is -0.220. The number of halogens is 3. The molecule has 0 aliphatic rings. The molecule has 0 aliphatic heterocycles. The van der Waals surface area contributed by atoms with Crippen LogP contribution in [0.5, 0.6) is 0 Å². The third-order valence-electron chi connectivity index (χ3n) is 1.67. The molecule has 2 nitrogen and oxygen atoms in total. The van der Waals surface area contributed by atoms with Crippen molar-refractivity contribution in [3.63, 3.8) is 0 Å². The van der Waals surface area contributed by atoms with Crippen molar-refractivity contribution < 1.29 is 0 Å². The molecular weight excluding hydrogens is 287 g/mol. The molecule has 0 fully saturated rings. The number of benzene rings is 1. The minimum atomic E-state index is 0.241. The molecule has 1 aromatic rings. The third kappa shape index (κ3) is 3.98. The van der Waals surface area contributed by atoms with E-state index in [0.717, 1.165) is 0 Å². The van der Waals surface area contributed by atoms with Crippen LogP contribution in [0.1, 0.15) is 13.8 Å². The van der Waals surface area contributed by atoms with Gasteiger partial charge in [-0.1, -0.05) is 34.8 Å². The van der Waals surface area contributed by atoms with Gasteiger partial charge in [0.15, 0.2) is 5.11 Å². The number of thiocarbonyl (C=S) groups is 1. The van der Waals surface area contributed by atoms with Gasteiger partial charge >= 0.3 is 0 Å². The zero-order valence-corrected chi connectivity index (χ0v) is 11.9. The molecule has 88 valence electrons. The summed E-state index contributed by atoms with van der Waals surface area (Å²) in [7, 11) is 0. The summed E-state index contributed by atoms with van der Waals surface area (Å²) in [5.41, 5.74) is 0.561. The Labute approximate surface area is 115 Å². The van der Waals surface area contributed by atoms with E-state index in [9.17, 15) is 0 Å². The van der Waals surface area contributed by atoms with Crippen molar-refractivity contribution >= 4 is 57.8 Å². The SMILES string of the molecule is CC(C)NC(=S)Nc1c(Cl)cc(Cl)cc1Cl. The second-order valence-electron chi connectivity index (χ2n) is 3.50. The van der Waals surface area contributed by atoms with E-state index in [1.807, 2.05) is 13.8 Å². The van der Waals surface area contributed by atoms with Crippen LogP contribution in [-0.4, -0.2) is 11.2 Å². The van der Waals surface area contributed by atoms with Crippen LogP contribution in [0.15, 0.2) is 12.1 Å². The molecule has 0 heterocycles. The van der Waals surface area contributed by atoms with Crippen LogP contribution in [0.3, 0.4) is 0 Å². The second-order valence-corrected chi connectivity index (χ2v) is 5.16. The van der Waals surface area contributed by atoms with Crippen molar-refractivity contribution in [2.75, 3.05) is 5.32 Å². The van der Waals surface area contributed by atoms with Crippen LogP contribution in [0.25, 0.3) is 0 Å². The van der Waals surface area contributed by atoms with Gasteiger partial charge in [0.2, 0.25) is 0 Å². The number of anilines is 1. The van der Waals surface area contributed by atoms with Crippen molar-refractivity contribution in [3.8, 4) is 0 Å². The Morgan fingerprint density at radius 1 is 1.19 bits per heavy atom. The Morgan fingerprint density at radius 2 is 1.69 bits per heavy atom. The van der Waals surface area contributed by atoms with Gasteiger partial charge in [-0.2, -0.15) is 0 Å². The highest BCUT2D eigenvalue weighted by Crippen LogP contribution is 2.33. The first-order valence-corrected chi connectivity index (χ1v) is 6.16. The zero-order chi connectivity index (χ0) is 12.3. The van der Waals surface area contributed by atoms with Gasteiger partial charge in [-0.3, -0.25) is 0 Å². The number of hydrogen-bond donors (Lipinski definition) is 2. The van der Waals surface area contributed by atoms with Gasteiger partial charge in [0, 0.05) is 11.1 Å². The molecule has 0 bridgehead atoms.